The zero-order chi connectivity index (χ0) is 24.2. The van der Waals surface area contributed by atoms with Crippen LogP contribution in [0.4, 0.5) is 0 Å². The molecular formula is C27H33N3O4. The van der Waals surface area contributed by atoms with Crippen molar-refractivity contribution in [1.29, 1.82) is 0 Å². The maximum atomic E-state index is 12.5. The van der Waals surface area contributed by atoms with Crippen LogP contribution in [0.2, 0.25) is 0 Å². The number of hydrogen-bond acceptors (Lipinski definition) is 4. The van der Waals surface area contributed by atoms with Crippen LogP contribution in [0, 0.1) is 0 Å². The molecule has 0 aliphatic heterocycles. The van der Waals surface area contributed by atoms with E-state index in [4.69, 9.17) is 4.74 Å². The molecule has 1 heterocycles. The molecule has 0 bridgehead atoms. The summed E-state index contributed by atoms with van der Waals surface area (Å²) in [5.74, 6) is -1.08. The maximum Gasteiger partial charge on any atom is 0.328 e. The highest BCUT2D eigenvalue weighted by Crippen LogP contribution is 2.19. The molecule has 0 aliphatic rings. The molecule has 1 aromatic heterocycles. The predicted molar refractivity (Wildman–Crippen MR) is 132 cm³/mol. The summed E-state index contributed by atoms with van der Waals surface area (Å²) in [6, 6.07) is 17.2. The Bertz CT molecular complexity index is 1080. The fourth-order valence-electron chi connectivity index (χ4n) is 3.91. The second-order valence-electron chi connectivity index (χ2n) is 8.26. The third-order valence-electron chi connectivity index (χ3n) is 5.66. The SMILES string of the molecule is CCOC(=O)[C@H](Cc1c[nH]c2ccccc12)NC(=O)CNC(=O)CCCCCc1ccccc1. The van der Waals surface area contributed by atoms with E-state index in [-0.39, 0.29) is 19.1 Å². The van der Waals surface area contributed by atoms with E-state index in [1.54, 1.807) is 6.92 Å². The molecule has 0 spiro atoms. The van der Waals surface area contributed by atoms with Gasteiger partial charge in [0.05, 0.1) is 13.2 Å². The summed E-state index contributed by atoms with van der Waals surface area (Å²) in [6.45, 7) is 1.77. The van der Waals surface area contributed by atoms with Crippen molar-refractivity contribution in [3.63, 3.8) is 0 Å². The third kappa shape index (κ3) is 7.76. The highest BCUT2D eigenvalue weighted by atomic mass is 16.5. The zero-order valence-corrected chi connectivity index (χ0v) is 19.6. The molecular weight excluding hydrogens is 430 g/mol. The van der Waals surface area contributed by atoms with E-state index in [1.807, 2.05) is 48.7 Å². The number of aromatic nitrogens is 1. The van der Waals surface area contributed by atoms with E-state index in [1.165, 1.54) is 5.56 Å². The van der Waals surface area contributed by atoms with E-state index in [9.17, 15) is 14.4 Å². The Kier molecular flexibility index (Phi) is 9.70. The molecule has 0 radical (unpaired) electrons. The van der Waals surface area contributed by atoms with Crippen LogP contribution in [0.5, 0.6) is 0 Å². The molecule has 34 heavy (non-hydrogen) atoms. The van der Waals surface area contributed by atoms with Crippen molar-refractivity contribution in [2.75, 3.05) is 13.2 Å². The highest BCUT2D eigenvalue weighted by molar-refractivity contribution is 5.89. The minimum Gasteiger partial charge on any atom is -0.464 e. The number of aryl methyl sites for hydroxylation is 1. The molecule has 3 N–H and O–H groups in total. The van der Waals surface area contributed by atoms with Gasteiger partial charge in [0.15, 0.2) is 0 Å². The molecule has 0 aliphatic carbocycles. The van der Waals surface area contributed by atoms with Gasteiger partial charge in [-0.2, -0.15) is 0 Å². The van der Waals surface area contributed by atoms with E-state index < -0.39 is 17.9 Å². The predicted octanol–water partition coefficient (Wildman–Crippen LogP) is 3.68. The van der Waals surface area contributed by atoms with Gasteiger partial charge in [0.25, 0.3) is 0 Å². The Morgan fingerprint density at radius 1 is 0.941 bits per heavy atom. The summed E-state index contributed by atoms with van der Waals surface area (Å²) in [5, 5.41) is 6.35. The molecule has 0 saturated carbocycles. The summed E-state index contributed by atoms with van der Waals surface area (Å²) in [6.07, 6.45) is 6.24. The standard InChI is InChI=1S/C27H33N3O4/c1-2-34-27(33)24(17-21-18-28-23-15-10-9-14-22(21)23)30-26(32)19-29-25(31)16-8-4-7-13-20-11-5-3-6-12-20/h3,5-6,9-12,14-15,18,24,28H,2,4,7-8,13,16-17,19H2,1H3,(H,29,31)(H,30,32)/t24-/m0/s1. The minimum atomic E-state index is -0.832. The van der Waals surface area contributed by atoms with Gasteiger partial charge in [0, 0.05) is 29.9 Å². The number of benzene rings is 2. The van der Waals surface area contributed by atoms with E-state index in [0.29, 0.717) is 12.8 Å². The van der Waals surface area contributed by atoms with Gasteiger partial charge in [0.2, 0.25) is 11.8 Å². The number of esters is 1. The molecule has 7 nitrogen and oxygen atoms in total. The summed E-state index contributed by atoms with van der Waals surface area (Å²) >= 11 is 0. The average Bonchev–Trinajstić information content (AvgIpc) is 3.26. The third-order valence-corrected chi connectivity index (χ3v) is 5.66. The zero-order valence-electron chi connectivity index (χ0n) is 19.6. The number of fused-ring (bicyclic) bond motifs is 1. The van der Waals surface area contributed by atoms with Crippen LogP contribution in [0.1, 0.15) is 43.7 Å². The van der Waals surface area contributed by atoms with Crippen LogP contribution < -0.4 is 10.6 Å². The monoisotopic (exact) mass is 463 g/mol. The van der Waals surface area contributed by atoms with E-state index in [2.05, 4.69) is 27.8 Å². The van der Waals surface area contributed by atoms with Gasteiger partial charge in [-0.1, -0.05) is 55.0 Å². The average molecular weight is 464 g/mol. The Morgan fingerprint density at radius 2 is 1.71 bits per heavy atom. The maximum absolute atomic E-state index is 12.5. The van der Waals surface area contributed by atoms with E-state index in [0.717, 1.165) is 42.1 Å². The van der Waals surface area contributed by atoms with Crippen LogP contribution in [0.3, 0.4) is 0 Å². The van der Waals surface area contributed by atoms with Crippen molar-refractivity contribution in [3.05, 3.63) is 71.9 Å². The number of unbranched alkanes of at least 4 members (excludes halogenated alkanes) is 2. The second kappa shape index (κ2) is 13.2. The molecule has 2 aromatic carbocycles. The summed E-state index contributed by atoms with van der Waals surface area (Å²) in [4.78, 5) is 40.2. The Balaban J connectivity index is 1.41. The lowest BCUT2D eigenvalue weighted by Gasteiger charge is -2.17. The van der Waals surface area contributed by atoms with Crippen molar-refractivity contribution in [3.8, 4) is 0 Å². The first-order valence-electron chi connectivity index (χ1n) is 11.9. The van der Waals surface area contributed by atoms with Gasteiger partial charge in [-0.3, -0.25) is 9.59 Å². The molecule has 1 atom stereocenters. The first kappa shape index (κ1) is 25.0. The lowest BCUT2D eigenvalue weighted by atomic mass is 10.0. The van der Waals surface area contributed by atoms with Gasteiger partial charge in [-0.25, -0.2) is 4.79 Å². The van der Waals surface area contributed by atoms with Gasteiger partial charge in [-0.05, 0) is 43.4 Å². The van der Waals surface area contributed by atoms with Crippen molar-refractivity contribution in [1.82, 2.24) is 15.6 Å². The number of carbonyl (C=O) groups excluding carboxylic acids is 3. The van der Waals surface area contributed by atoms with Crippen molar-refractivity contribution in [2.45, 2.75) is 51.5 Å². The fraction of sp³-hybridized carbons (Fsp3) is 0.370. The van der Waals surface area contributed by atoms with Gasteiger partial charge in [0.1, 0.15) is 6.04 Å². The van der Waals surface area contributed by atoms with Gasteiger partial charge < -0.3 is 20.4 Å². The smallest absolute Gasteiger partial charge is 0.328 e. The summed E-state index contributed by atoms with van der Waals surface area (Å²) < 4.78 is 5.15. The van der Waals surface area contributed by atoms with Crippen LogP contribution in [0.15, 0.2) is 60.8 Å². The molecule has 0 fully saturated rings. The molecule has 3 rings (SSSR count). The molecule has 3 aromatic rings. The Hall–Kier alpha value is -3.61. The normalized spacial score (nSPS) is 11.7. The number of hydrogen-bond donors (Lipinski definition) is 3. The second-order valence-corrected chi connectivity index (χ2v) is 8.26. The minimum absolute atomic E-state index is 0.167. The molecule has 2 amide bonds. The fourth-order valence-corrected chi connectivity index (χ4v) is 3.91. The van der Waals surface area contributed by atoms with Crippen molar-refractivity contribution in [2.24, 2.45) is 0 Å². The van der Waals surface area contributed by atoms with Crippen LogP contribution >= 0.6 is 0 Å². The number of aromatic amines is 1. The highest BCUT2D eigenvalue weighted by Gasteiger charge is 2.24. The van der Waals surface area contributed by atoms with Crippen molar-refractivity contribution >= 4 is 28.7 Å². The largest absolute Gasteiger partial charge is 0.464 e. The number of amides is 2. The number of ether oxygens (including phenoxy) is 1. The summed E-state index contributed by atoms with van der Waals surface area (Å²) in [7, 11) is 0. The lowest BCUT2D eigenvalue weighted by molar-refractivity contribution is -0.147. The van der Waals surface area contributed by atoms with Crippen LogP contribution in [0.25, 0.3) is 10.9 Å². The number of carbonyl (C=O) groups is 3. The van der Waals surface area contributed by atoms with Crippen molar-refractivity contribution < 1.29 is 19.1 Å². The first-order chi connectivity index (χ1) is 16.6. The van der Waals surface area contributed by atoms with Crippen LogP contribution in [-0.2, 0) is 32.0 Å². The number of nitrogens with one attached hydrogen (secondary N) is 3. The van der Waals surface area contributed by atoms with Crippen LogP contribution in [-0.4, -0.2) is 42.0 Å². The number of rotatable bonds is 13. The number of H-pyrrole nitrogens is 1. The molecule has 0 unspecified atom stereocenters. The molecule has 7 heteroatoms. The molecule has 0 saturated heterocycles. The summed E-state index contributed by atoms with van der Waals surface area (Å²) in [5.41, 5.74) is 3.17. The number of para-hydroxylation sites is 1. The first-order valence-corrected chi connectivity index (χ1v) is 11.9. The molecule has 180 valence electrons. The van der Waals surface area contributed by atoms with Gasteiger partial charge in [-0.15, -0.1) is 0 Å². The lowest BCUT2D eigenvalue weighted by Crippen LogP contribution is -2.47. The quantitative estimate of drug-likeness (QED) is 0.266. The van der Waals surface area contributed by atoms with E-state index >= 15 is 0 Å². The topological polar surface area (TPSA) is 100 Å². The Labute approximate surface area is 200 Å². The van der Waals surface area contributed by atoms with Gasteiger partial charge >= 0.3 is 5.97 Å². The Morgan fingerprint density at radius 3 is 2.50 bits per heavy atom.